The number of anilines is 1. The minimum Gasteiger partial charge on any atom is -0.495 e. The van der Waals surface area contributed by atoms with E-state index in [2.05, 4.69) is 4.90 Å². The number of imide groups is 1. The quantitative estimate of drug-likeness (QED) is 0.771. The fraction of sp³-hybridized carbons (Fsp3) is 0.556. The summed E-state index contributed by atoms with van der Waals surface area (Å²) in [6.07, 6.45) is 1.35. The highest BCUT2D eigenvalue weighted by atomic mass is 16.5. The van der Waals surface area contributed by atoms with Gasteiger partial charge >= 0.3 is 6.03 Å². The summed E-state index contributed by atoms with van der Waals surface area (Å²) in [5, 5.41) is 0. The molecule has 3 heterocycles. The molecule has 3 fully saturated rings. The van der Waals surface area contributed by atoms with Crippen LogP contribution in [0.2, 0.25) is 0 Å². The third-order valence-corrected chi connectivity index (χ3v) is 5.52. The lowest BCUT2D eigenvalue weighted by Gasteiger charge is -2.25. The Hall–Kier alpha value is -2.28. The largest absolute Gasteiger partial charge is 0.495 e. The molecule has 3 atom stereocenters. The molecule has 0 N–H and O–H groups in total. The van der Waals surface area contributed by atoms with Crippen LogP contribution in [-0.2, 0) is 9.53 Å². The number of para-hydroxylation sites is 2. The molecule has 134 valence electrons. The molecule has 4 rings (SSSR count). The number of carbonyl (C=O) groups excluding carboxylic acids is 2. The molecule has 0 aliphatic carbocycles. The summed E-state index contributed by atoms with van der Waals surface area (Å²) in [5.74, 6) is 0.738. The monoisotopic (exact) mass is 345 g/mol. The first-order chi connectivity index (χ1) is 12.1. The molecular weight excluding hydrogens is 322 g/mol. The molecule has 3 aliphatic rings. The molecule has 3 aliphatic heterocycles. The van der Waals surface area contributed by atoms with Crippen LogP contribution >= 0.6 is 0 Å². The van der Waals surface area contributed by atoms with Gasteiger partial charge in [-0.15, -0.1) is 0 Å². The molecule has 3 saturated heterocycles. The summed E-state index contributed by atoms with van der Waals surface area (Å²) in [6, 6.07) is 7.24. The van der Waals surface area contributed by atoms with Crippen molar-refractivity contribution in [3.05, 3.63) is 24.3 Å². The van der Waals surface area contributed by atoms with E-state index >= 15 is 0 Å². The van der Waals surface area contributed by atoms with Crippen LogP contribution in [0.5, 0.6) is 5.75 Å². The Labute approximate surface area is 147 Å². The van der Waals surface area contributed by atoms with Crippen LogP contribution in [0.3, 0.4) is 0 Å². The molecule has 7 nitrogen and oxygen atoms in total. The van der Waals surface area contributed by atoms with E-state index in [1.165, 1.54) is 4.90 Å². The number of amides is 3. The highest BCUT2D eigenvalue weighted by Crippen LogP contribution is 2.35. The maximum Gasteiger partial charge on any atom is 0.327 e. The third-order valence-electron chi connectivity index (χ3n) is 5.52. The lowest BCUT2D eigenvalue weighted by atomic mass is 10.1. The van der Waals surface area contributed by atoms with Gasteiger partial charge in [-0.05, 0) is 18.6 Å². The molecular formula is C18H23N3O4. The lowest BCUT2D eigenvalue weighted by Crippen LogP contribution is -2.44. The molecule has 0 bridgehead atoms. The fourth-order valence-electron chi connectivity index (χ4n) is 4.21. The number of rotatable bonds is 4. The molecule has 0 saturated carbocycles. The van der Waals surface area contributed by atoms with Gasteiger partial charge in [-0.3, -0.25) is 9.69 Å². The van der Waals surface area contributed by atoms with Crippen molar-refractivity contribution in [2.24, 2.45) is 0 Å². The first-order valence-electron chi connectivity index (χ1n) is 8.68. The summed E-state index contributed by atoms with van der Waals surface area (Å²) in [6.45, 7) is 1.95. The van der Waals surface area contributed by atoms with Gasteiger partial charge in [-0.1, -0.05) is 12.1 Å². The van der Waals surface area contributed by atoms with Crippen molar-refractivity contribution >= 4 is 17.6 Å². The highest BCUT2D eigenvalue weighted by molar-refractivity contribution is 6.05. The van der Waals surface area contributed by atoms with Gasteiger partial charge in [0.1, 0.15) is 11.8 Å². The van der Waals surface area contributed by atoms with Crippen molar-refractivity contribution in [2.45, 2.75) is 31.0 Å². The molecule has 3 amide bonds. The smallest absolute Gasteiger partial charge is 0.327 e. The summed E-state index contributed by atoms with van der Waals surface area (Å²) in [7, 11) is 3.28. The van der Waals surface area contributed by atoms with Crippen LogP contribution in [0.25, 0.3) is 0 Å². The maximum absolute atomic E-state index is 12.8. The van der Waals surface area contributed by atoms with Gasteiger partial charge in [0.05, 0.1) is 24.9 Å². The number of hydrogen-bond donors (Lipinski definition) is 0. The van der Waals surface area contributed by atoms with E-state index in [4.69, 9.17) is 9.47 Å². The first kappa shape index (κ1) is 16.2. The van der Waals surface area contributed by atoms with Crippen molar-refractivity contribution in [3.63, 3.8) is 0 Å². The van der Waals surface area contributed by atoms with Crippen LogP contribution < -0.4 is 9.64 Å². The van der Waals surface area contributed by atoms with Crippen LogP contribution in [-0.4, -0.2) is 73.8 Å². The zero-order chi connectivity index (χ0) is 17.6. The van der Waals surface area contributed by atoms with Gasteiger partial charge in [0, 0.05) is 33.2 Å². The molecule has 1 aromatic carbocycles. The van der Waals surface area contributed by atoms with Gasteiger partial charge in [0.2, 0.25) is 0 Å². The number of ether oxygens (including phenoxy) is 2. The summed E-state index contributed by atoms with van der Waals surface area (Å²) < 4.78 is 10.8. The van der Waals surface area contributed by atoms with Gasteiger partial charge in [-0.2, -0.15) is 0 Å². The van der Waals surface area contributed by atoms with Crippen LogP contribution in [0.1, 0.15) is 12.8 Å². The Bertz CT molecular complexity index is 671. The topological polar surface area (TPSA) is 62.3 Å². The molecule has 0 aromatic heterocycles. The molecule has 1 aromatic rings. The van der Waals surface area contributed by atoms with E-state index in [1.54, 1.807) is 19.1 Å². The average Bonchev–Trinajstić information content (AvgIpc) is 3.32. The normalized spacial score (nSPS) is 28.9. The minimum absolute atomic E-state index is 0.0336. The van der Waals surface area contributed by atoms with Gasteiger partial charge < -0.3 is 19.3 Å². The van der Waals surface area contributed by atoms with Gasteiger partial charge in [0.15, 0.2) is 0 Å². The van der Waals surface area contributed by atoms with E-state index < -0.39 is 0 Å². The van der Waals surface area contributed by atoms with E-state index in [-0.39, 0.29) is 30.1 Å². The van der Waals surface area contributed by atoms with E-state index in [0.717, 1.165) is 24.4 Å². The molecule has 0 unspecified atom stereocenters. The van der Waals surface area contributed by atoms with Crippen molar-refractivity contribution < 1.29 is 19.1 Å². The van der Waals surface area contributed by atoms with Crippen LogP contribution in [0.15, 0.2) is 24.3 Å². The number of fused-ring (bicyclic) bond motifs is 1. The first-order valence-corrected chi connectivity index (χ1v) is 8.68. The Morgan fingerprint density at radius 1 is 1.12 bits per heavy atom. The van der Waals surface area contributed by atoms with Crippen molar-refractivity contribution in [3.8, 4) is 5.75 Å². The summed E-state index contributed by atoms with van der Waals surface area (Å²) in [5.41, 5.74) is 1.01. The molecule has 0 radical (unpaired) electrons. The van der Waals surface area contributed by atoms with E-state index in [0.29, 0.717) is 19.5 Å². The Morgan fingerprint density at radius 3 is 2.64 bits per heavy atom. The summed E-state index contributed by atoms with van der Waals surface area (Å²) in [4.78, 5) is 30.9. The second kappa shape index (κ2) is 6.22. The number of hydrogen-bond acceptors (Lipinski definition) is 5. The number of urea groups is 1. The summed E-state index contributed by atoms with van der Waals surface area (Å²) >= 11 is 0. The average molecular weight is 345 g/mol. The minimum atomic E-state index is -0.349. The zero-order valence-corrected chi connectivity index (χ0v) is 14.6. The fourth-order valence-corrected chi connectivity index (χ4v) is 4.21. The third kappa shape index (κ3) is 2.54. The van der Waals surface area contributed by atoms with Gasteiger partial charge in [-0.25, -0.2) is 4.79 Å². The van der Waals surface area contributed by atoms with Crippen molar-refractivity contribution in [2.75, 3.05) is 38.8 Å². The second-order valence-electron chi connectivity index (χ2n) is 6.81. The van der Waals surface area contributed by atoms with Gasteiger partial charge in [0.25, 0.3) is 5.91 Å². The number of benzene rings is 1. The predicted molar refractivity (Wildman–Crippen MR) is 91.8 cm³/mol. The SMILES string of the molecule is COc1ccccc1N1CC[C@H](N2C(=O)[C@H]3C[C@H](OC)CN3C2=O)C1. The number of carbonyl (C=O) groups is 2. The maximum atomic E-state index is 12.8. The van der Waals surface area contributed by atoms with Crippen molar-refractivity contribution in [1.29, 1.82) is 0 Å². The van der Waals surface area contributed by atoms with Crippen molar-refractivity contribution in [1.82, 2.24) is 9.80 Å². The number of methoxy groups -OCH3 is 2. The Morgan fingerprint density at radius 2 is 1.92 bits per heavy atom. The zero-order valence-electron chi connectivity index (χ0n) is 14.6. The standard InChI is InChI=1S/C18H23N3O4/c1-24-13-9-15-17(22)21(18(23)20(15)11-13)12-7-8-19(10-12)14-5-3-4-6-16(14)25-2/h3-6,12-13,15H,7-11H2,1-2H3/t12-,13-,15+/m0/s1. The Balaban J connectivity index is 1.49. The van der Waals surface area contributed by atoms with E-state index in [1.807, 2.05) is 24.3 Å². The number of nitrogens with zero attached hydrogens (tertiary/aromatic N) is 3. The molecule has 7 heteroatoms. The van der Waals surface area contributed by atoms with E-state index in [9.17, 15) is 9.59 Å². The van der Waals surface area contributed by atoms with Crippen LogP contribution in [0.4, 0.5) is 10.5 Å². The predicted octanol–water partition coefficient (Wildman–Crippen LogP) is 1.33. The highest BCUT2D eigenvalue weighted by Gasteiger charge is 2.53. The second-order valence-corrected chi connectivity index (χ2v) is 6.81. The lowest BCUT2D eigenvalue weighted by molar-refractivity contribution is -0.129. The molecule has 25 heavy (non-hydrogen) atoms. The van der Waals surface area contributed by atoms with Crippen LogP contribution in [0, 0.1) is 0 Å². The molecule has 0 spiro atoms. The Kier molecular flexibility index (Phi) is 4.03.